The number of hydrogen-bond acceptors (Lipinski definition) is 3. The quantitative estimate of drug-likeness (QED) is 0.606. The van der Waals surface area contributed by atoms with Crippen molar-refractivity contribution in [1.29, 1.82) is 0 Å². The van der Waals surface area contributed by atoms with Crippen molar-refractivity contribution < 1.29 is 13.2 Å². The van der Waals surface area contributed by atoms with Gasteiger partial charge in [-0.15, -0.1) is 0 Å². The van der Waals surface area contributed by atoms with E-state index in [1.54, 1.807) is 42.5 Å². The van der Waals surface area contributed by atoms with Crippen LogP contribution in [-0.4, -0.2) is 14.3 Å². The lowest BCUT2D eigenvalue weighted by Crippen LogP contribution is -2.18. The van der Waals surface area contributed by atoms with Crippen LogP contribution in [-0.2, 0) is 10.0 Å². The van der Waals surface area contributed by atoms with Crippen LogP contribution in [0.4, 0.5) is 11.4 Å². The lowest BCUT2D eigenvalue weighted by molar-refractivity contribution is 0.102. The fraction of sp³-hybridized carbons (Fsp3) is 0. The van der Waals surface area contributed by atoms with Gasteiger partial charge in [0, 0.05) is 15.7 Å². The van der Waals surface area contributed by atoms with E-state index in [-0.39, 0.29) is 16.1 Å². The second-order valence-electron chi connectivity index (χ2n) is 5.57. The Kier molecular flexibility index (Phi) is 5.70. The summed E-state index contributed by atoms with van der Waals surface area (Å²) in [7, 11) is -3.85. The van der Waals surface area contributed by atoms with Crippen LogP contribution in [0.3, 0.4) is 0 Å². The normalized spacial score (nSPS) is 11.0. The summed E-state index contributed by atoms with van der Waals surface area (Å²) in [5, 5.41) is 3.53. The van der Waals surface area contributed by atoms with E-state index in [4.69, 9.17) is 23.2 Å². The summed E-state index contributed by atoms with van der Waals surface area (Å²) in [6.45, 7) is 0. The molecule has 0 aliphatic carbocycles. The van der Waals surface area contributed by atoms with Gasteiger partial charge in [0.1, 0.15) is 0 Å². The van der Waals surface area contributed by atoms with E-state index in [0.29, 0.717) is 15.7 Å². The minimum Gasteiger partial charge on any atom is -0.322 e. The molecule has 8 heteroatoms. The summed E-state index contributed by atoms with van der Waals surface area (Å²) in [6.07, 6.45) is 0. The molecule has 0 saturated heterocycles. The molecule has 2 N–H and O–H groups in total. The van der Waals surface area contributed by atoms with E-state index >= 15 is 0 Å². The van der Waals surface area contributed by atoms with E-state index in [1.807, 2.05) is 0 Å². The zero-order chi connectivity index (χ0) is 19.4. The smallest absolute Gasteiger partial charge is 0.261 e. The fourth-order valence-electron chi connectivity index (χ4n) is 2.33. The monoisotopic (exact) mass is 420 g/mol. The maximum Gasteiger partial charge on any atom is 0.261 e. The average Bonchev–Trinajstić information content (AvgIpc) is 2.65. The summed E-state index contributed by atoms with van der Waals surface area (Å²) in [5.74, 6) is -0.509. The molecule has 0 saturated carbocycles. The second kappa shape index (κ2) is 8.00. The molecule has 0 fully saturated rings. The highest BCUT2D eigenvalue weighted by atomic mass is 35.5. The molecule has 0 radical (unpaired) electrons. The molecular formula is C19H14Cl2N2O3S. The summed E-state index contributed by atoms with van der Waals surface area (Å²) < 4.78 is 27.6. The van der Waals surface area contributed by atoms with Crippen molar-refractivity contribution in [2.24, 2.45) is 0 Å². The molecule has 138 valence electrons. The molecule has 0 aliphatic rings. The largest absolute Gasteiger partial charge is 0.322 e. The number of rotatable bonds is 5. The van der Waals surface area contributed by atoms with Crippen molar-refractivity contribution in [2.45, 2.75) is 4.90 Å². The lowest BCUT2D eigenvalue weighted by atomic mass is 10.1. The first-order chi connectivity index (χ1) is 12.8. The summed E-state index contributed by atoms with van der Waals surface area (Å²) in [4.78, 5) is 12.7. The van der Waals surface area contributed by atoms with Gasteiger partial charge in [0.25, 0.3) is 15.9 Å². The van der Waals surface area contributed by atoms with Crippen molar-refractivity contribution in [3.8, 4) is 0 Å². The van der Waals surface area contributed by atoms with Gasteiger partial charge in [-0.2, -0.15) is 0 Å². The minimum absolute atomic E-state index is 0.0870. The minimum atomic E-state index is -3.85. The summed E-state index contributed by atoms with van der Waals surface area (Å²) in [5.41, 5.74) is 0.730. The molecule has 0 atom stereocenters. The summed E-state index contributed by atoms with van der Waals surface area (Å²) in [6, 6.07) is 18.8. The van der Waals surface area contributed by atoms with Crippen molar-refractivity contribution >= 4 is 50.5 Å². The van der Waals surface area contributed by atoms with Gasteiger partial charge in [0.15, 0.2) is 0 Å². The topological polar surface area (TPSA) is 75.3 Å². The Morgan fingerprint density at radius 3 is 2.11 bits per heavy atom. The third kappa shape index (κ3) is 4.80. The number of amides is 1. The molecule has 0 aliphatic heterocycles. The van der Waals surface area contributed by atoms with Crippen LogP contribution < -0.4 is 10.0 Å². The number of anilines is 2. The molecule has 3 aromatic carbocycles. The van der Waals surface area contributed by atoms with Gasteiger partial charge in [-0.05, 0) is 54.6 Å². The third-order valence-electron chi connectivity index (χ3n) is 3.63. The fourth-order valence-corrected chi connectivity index (χ4v) is 3.73. The predicted molar refractivity (Wildman–Crippen MR) is 108 cm³/mol. The Morgan fingerprint density at radius 2 is 1.44 bits per heavy atom. The van der Waals surface area contributed by atoms with Gasteiger partial charge in [-0.1, -0.05) is 41.4 Å². The molecule has 0 heterocycles. The molecular weight excluding hydrogens is 407 g/mol. The van der Waals surface area contributed by atoms with Gasteiger partial charge < -0.3 is 5.32 Å². The van der Waals surface area contributed by atoms with E-state index in [9.17, 15) is 13.2 Å². The van der Waals surface area contributed by atoms with E-state index in [2.05, 4.69) is 10.0 Å². The van der Waals surface area contributed by atoms with Gasteiger partial charge in [0.2, 0.25) is 0 Å². The predicted octanol–water partition coefficient (Wildman–Crippen LogP) is 5.05. The zero-order valence-electron chi connectivity index (χ0n) is 13.8. The molecule has 5 nitrogen and oxygen atoms in total. The standard InChI is InChI=1S/C19H14Cl2N2O3S/c20-13-6-9-15(10-7-13)22-19(24)17-12-14(21)8-11-18(17)23-27(25,26)16-4-2-1-3-5-16/h1-12,23H,(H,22,24). The van der Waals surface area contributed by atoms with Gasteiger partial charge >= 0.3 is 0 Å². The van der Waals surface area contributed by atoms with Crippen LogP contribution in [0.15, 0.2) is 77.7 Å². The van der Waals surface area contributed by atoms with Gasteiger partial charge in [-0.3, -0.25) is 9.52 Å². The molecule has 1 amide bonds. The Bertz CT molecular complexity index is 1070. The second-order valence-corrected chi connectivity index (χ2v) is 8.12. The first kappa shape index (κ1) is 19.2. The molecule has 0 unspecified atom stereocenters. The number of carbonyl (C=O) groups is 1. The average molecular weight is 421 g/mol. The maximum absolute atomic E-state index is 12.7. The van der Waals surface area contributed by atoms with Crippen LogP contribution >= 0.6 is 23.2 Å². The van der Waals surface area contributed by atoms with Gasteiger partial charge in [0.05, 0.1) is 16.1 Å². The molecule has 0 spiro atoms. The number of nitrogens with one attached hydrogen (secondary N) is 2. The van der Waals surface area contributed by atoms with Crippen molar-refractivity contribution in [2.75, 3.05) is 10.0 Å². The highest BCUT2D eigenvalue weighted by molar-refractivity contribution is 7.92. The number of benzene rings is 3. The number of carbonyl (C=O) groups excluding carboxylic acids is 1. The highest BCUT2D eigenvalue weighted by Crippen LogP contribution is 2.25. The van der Waals surface area contributed by atoms with Crippen LogP contribution in [0.25, 0.3) is 0 Å². The zero-order valence-corrected chi connectivity index (χ0v) is 16.1. The Balaban J connectivity index is 1.91. The first-order valence-corrected chi connectivity index (χ1v) is 10.0. The Labute approximate surface area is 167 Å². The van der Waals surface area contributed by atoms with Crippen molar-refractivity contribution in [1.82, 2.24) is 0 Å². The highest BCUT2D eigenvalue weighted by Gasteiger charge is 2.19. The molecule has 0 aromatic heterocycles. The summed E-state index contributed by atoms with van der Waals surface area (Å²) >= 11 is 11.8. The Hall–Kier alpha value is -2.54. The maximum atomic E-state index is 12.7. The molecule has 0 bridgehead atoms. The number of sulfonamides is 1. The lowest BCUT2D eigenvalue weighted by Gasteiger charge is -2.13. The van der Waals surface area contributed by atoms with Crippen LogP contribution in [0.2, 0.25) is 10.0 Å². The van der Waals surface area contributed by atoms with Crippen molar-refractivity contribution in [3.63, 3.8) is 0 Å². The number of hydrogen-bond donors (Lipinski definition) is 2. The molecule has 3 rings (SSSR count). The molecule has 27 heavy (non-hydrogen) atoms. The van der Waals surface area contributed by atoms with Crippen molar-refractivity contribution in [3.05, 3.63) is 88.4 Å². The van der Waals surface area contributed by atoms with Crippen LogP contribution in [0.5, 0.6) is 0 Å². The van der Waals surface area contributed by atoms with Gasteiger partial charge in [-0.25, -0.2) is 8.42 Å². The SMILES string of the molecule is O=C(Nc1ccc(Cl)cc1)c1cc(Cl)ccc1NS(=O)(=O)c1ccccc1. The number of halogens is 2. The van der Waals surface area contributed by atoms with E-state index in [0.717, 1.165) is 0 Å². The Morgan fingerprint density at radius 1 is 0.815 bits per heavy atom. The van der Waals surface area contributed by atoms with Crippen LogP contribution in [0, 0.1) is 0 Å². The first-order valence-electron chi connectivity index (χ1n) is 7.79. The molecule has 3 aromatic rings. The van der Waals surface area contributed by atoms with E-state index < -0.39 is 15.9 Å². The van der Waals surface area contributed by atoms with E-state index in [1.165, 1.54) is 30.3 Å². The van der Waals surface area contributed by atoms with Crippen LogP contribution in [0.1, 0.15) is 10.4 Å². The third-order valence-corrected chi connectivity index (χ3v) is 5.49.